The molecule has 2 aliphatic heterocycles. The molecule has 0 aromatic heterocycles. The van der Waals surface area contributed by atoms with Gasteiger partial charge in [0.2, 0.25) is 0 Å². The molecule has 1 saturated heterocycles. The summed E-state index contributed by atoms with van der Waals surface area (Å²) in [5, 5.41) is 12.7. The zero-order valence-electron chi connectivity index (χ0n) is 25.0. The third kappa shape index (κ3) is 5.01. The summed E-state index contributed by atoms with van der Waals surface area (Å²) in [7, 11) is 0. The molecular formula is C38H38N2O3S. The molecule has 44 heavy (non-hydrogen) atoms. The van der Waals surface area contributed by atoms with Gasteiger partial charge in [0.15, 0.2) is 11.0 Å². The van der Waals surface area contributed by atoms with E-state index >= 15 is 0 Å². The minimum atomic E-state index is -0.176. The largest absolute Gasteiger partial charge is 0.507 e. The van der Waals surface area contributed by atoms with Crippen LogP contribution in [0.2, 0.25) is 0 Å². The van der Waals surface area contributed by atoms with E-state index in [9.17, 15) is 14.7 Å². The number of thioether (sulfide) groups is 1. The van der Waals surface area contributed by atoms with E-state index < -0.39 is 0 Å². The molecule has 4 aliphatic carbocycles. The molecule has 3 aromatic carbocycles. The summed E-state index contributed by atoms with van der Waals surface area (Å²) >= 11 is 1.47. The lowest BCUT2D eigenvalue weighted by Gasteiger charge is -2.57. The van der Waals surface area contributed by atoms with Crippen LogP contribution in [0, 0.1) is 17.8 Å². The molecule has 4 saturated carbocycles. The third-order valence-corrected chi connectivity index (χ3v) is 11.8. The maximum Gasteiger partial charge on any atom is 0.286 e. The van der Waals surface area contributed by atoms with Gasteiger partial charge >= 0.3 is 0 Å². The van der Waals surface area contributed by atoms with E-state index in [1.54, 1.807) is 0 Å². The molecule has 0 spiro atoms. The number of phenols is 1. The fourth-order valence-electron chi connectivity index (χ4n) is 9.14. The van der Waals surface area contributed by atoms with Crippen LogP contribution in [0.4, 0.5) is 0 Å². The monoisotopic (exact) mass is 602 g/mol. The van der Waals surface area contributed by atoms with Gasteiger partial charge in [-0.25, -0.2) is 0 Å². The fourth-order valence-corrected chi connectivity index (χ4v) is 10.1. The van der Waals surface area contributed by atoms with Crippen LogP contribution in [0.15, 0.2) is 76.6 Å². The molecule has 0 radical (unpaired) electrons. The molecule has 5 nitrogen and oxygen atoms in total. The van der Waals surface area contributed by atoms with Gasteiger partial charge in [-0.05, 0) is 134 Å². The van der Waals surface area contributed by atoms with Crippen LogP contribution in [0.3, 0.4) is 0 Å². The quantitative estimate of drug-likeness (QED) is 0.235. The Morgan fingerprint density at radius 2 is 1.57 bits per heavy atom. The van der Waals surface area contributed by atoms with Crippen LogP contribution >= 0.6 is 11.8 Å². The Balaban J connectivity index is 1.18. The maximum absolute atomic E-state index is 13.9. The zero-order valence-corrected chi connectivity index (χ0v) is 25.8. The van der Waals surface area contributed by atoms with Crippen molar-refractivity contribution < 1.29 is 14.7 Å². The van der Waals surface area contributed by atoms with Crippen molar-refractivity contribution in [3.63, 3.8) is 0 Å². The number of carbonyl (C=O) groups excluding carboxylic acids is 2. The Morgan fingerprint density at radius 1 is 0.864 bits per heavy atom. The first-order valence-corrected chi connectivity index (χ1v) is 17.1. The minimum Gasteiger partial charge on any atom is -0.507 e. The number of amidine groups is 1. The van der Waals surface area contributed by atoms with E-state index in [-0.39, 0.29) is 22.9 Å². The Kier molecular flexibility index (Phi) is 7.01. The molecule has 1 amide bonds. The number of carbonyl (C=O) groups is 2. The van der Waals surface area contributed by atoms with Crippen molar-refractivity contribution in [1.82, 2.24) is 4.90 Å². The highest BCUT2D eigenvalue weighted by Gasteiger charge is 2.52. The number of phenolic OH excluding ortho intramolecular Hbond substituents is 1. The average Bonchev–Trinajstić information content (AvgIpc) is 3.40. The molecule has 1 N–H and O–H groups in total. The highest BCUT2D eigenvalue weighted by atomic mass is 32.2. The summed E-state index contributed by atoms with van der Waals surface area (Å²) in [5.41, 5.74) is 4.67. The summed E-state index contributed by atoms with van der Waals surface area (Å²) in [6, 6.07) is 21.5. The van der Waals surface area contributed by atoms with Crippen LogP contribution in [-0.4, -0.2) is 40.0 Å². The number of hydrogen-bond donors (Lipinski definition) is 1. The van der Waals surface area contributed by atoms with Crippen molar-refractivity contribution in [3.8, 4) is 16.9 Å². The Bertz CT molecular complexity index is 1670. The Morgan fingerprint density at radius 3 is 2.27 bits per heavy atom. The van der Waals surface area contributed by atoms with Crippen LogP contribution in [0.5, 0.6) is 5.75 Å². The molecule has 6 aliphatic rings. The maximum atomic E-state index is 13.9. The topological polar surface area (TPSA) is 70.0 Å². The second-order valence-corrected chi connectivity index (χ2v) is 14.8. The van der Waals surface area contributed by atoms with Gasteiger partial charge in [-0.15, -0.1) is 0 Å². The van der Waals surface area contributed by atoms with Gasteiger partial charge in [0.05, 0.1) is 10.5 Å². The lowest BCUT2D eigenvalue weighted by molar-refractivity contribution is -0.113. The SMILES string of the molecule is O=C1N=C(N2CCCCC2)S/C1=C/c1cccc(-c2cc(C(=O)c3ccccc3)c(O)c(C34CC5CC(CC(C5)C3)C4)c2)c1. The molecule has 224 valence electrons. The van der Waals surface area contributed by atoms with E-state index in [4.69, 9.17) is 0 Å². The van der Waals surface area contributed by atoms with Crippen molar-refractivity contribution in [2.24, 2.45) is 22.7 Å². The number of ketones is 1. The van der Waals surface area contributed by atoms with Crippen molar-refractivity contribution in [2.45, 2.75) is 63.2 Å². The van der Waals surface area contributed by atoms with E-state index in [2.05, 4.69) is 28.1 Å². The first-order valence-electron chi connectivity index (χ1n) is 16.3. The minimum absolute atomic E-state index is 0.0742. The number of aliphatic imine (C=N–C) groups is 1. The highest BCUT2D eigenvalue weighted by molar-refractivity contribution is 8.18. The van der Waals surface area contributed by atoms with Gasteiger partial charge in [0, 0.05) is 24.2 Å². The lowest BCUT2D eigenvalue weighted by Crippen LogP contribution is -2.48. The van der Waals surface area contributed by atoms with Crippen LogP contribution in [-0.2, 0) is 10.2 Å². The van der Waals surface area contributed by atoms with Gasteiger partial charge in [-0.3, -0.25) is 9.59 Å². The second kappa shape index (κ2) is 11.1. The summed E-state index contributed by atoms with van der Waals surface area (Å²) in [5.74, 6) is 1.98. The molecule has 0 atom stereocenters. The predicted molar refractivity (Wildman–Crippen MR) is 177 cm³/mol. The van der Waals surface area contributed by atoms with Gasteiger partial charge in [-0.1, -0.05) is 48.5 Å². The molecule has 4 bridgehead atoms. The second-order valence-electron chi connectivity index (χ2n) is 13.8. The molecule has 2 heterocycles. The number of hydrogen-bond acceptors (Lipinski definition) is 5. The normalized spacial score (nSPS) is 28.5. The van der Waals surface area contributed by atoms with E-state index in [1.807, 2.05) is 54.6 Å². The smallest absolute Gasteiger partial charge is 0.286 e. The Hall–Kier alpha value is -3.64. The summed E-state index contributed by atoms with van der Waals surface area (Å²) in [6.07, 6.45) is 12.7. The number of amides is 1. The first-order chi connectivity index (χ1) is 21.4. The number of aromatic hydroxyl groups is 1. The highest BCUT2D eigenvalue weighted by Crippen LogP contribution is 2.62. The molecule has 3 aromatic rings. The van der Waals surface area contributed by atoms with Crippen LogP contribution in [0.25, 0.3) is 17.2 Å². The summed E-state index contributed by atoms with van der Waals surface area (Å²) in [4.78, 5) is 34.0. The third-order valence-electron chi connectivity index (χ3n) is 10.8. The van der Waals surface area contributed by atoms with E-state index in [0.717, 1.165) is 72.6 Å². The van der Waals surface area contributed by atoms with E-state index in [0.29, 0.717) is 33.8 Å². The number of piperidine rings is 1. The van der Waals surface area contributed by atoms with Gasteiger partial charge in [0.25, 0.3) is 5.91 Å². The first kappa shape index (κ1) is 27.9. The molecule has 0 unspecified atom stereocenters. The lowest BCUT2D eigenvalue weighted by atomic mass is 9.48. The standard InChI is InChI=1S/C38H38N2O3S/c41-34(28-9-3-1-4-10-28)31-19-30(20-32(35(31)42)38-21-25-14-26(22-38)16-27(15-25)23-38)29-11-7-8-24(17-29)18-33-36(43)39-37(44-33)40-12-5-2-6-13-40/h1,3-4,7-11,17-20,25-27,42H,2,5-6,12-16,21-23H2/b33-18+. The van der Waals surface area contributed by atoms with Crippen molar-refractivity contribution in [1.29, 1.82) is 0 Å². The summed E-state index contributed by atoms with van der Waals surface area (Å²) in [6.45, 7) is 1.91. The zero-order chi connectivity index (χ0) is 29.8. The van der Waals surface area contributed by atoms with Crippen molar-refractivity contribution in [2.75, 3.05) is 13.1 Å². The average molecular weight is 603 g/mol. The van der Waals surface area contributed by atoms with Crippen molar-refractivity contribution >= 4 is 34.7 Å². The predicted octanol–water partition coefficient (Wildman–Crippen LogP) is 8.21. The number of likely N-dealkylation sites (tertiary alicyclic amines) is 1. The van der Waals surface area contributed by atoms with Crippen LogP contribution < -0.4 is 0 Å². The molecule has 6 heteroatoms. The number of nitrogens with zero attached hydrogens (tertiary/aromatic N) is 2. The molecule has 5 fully saturated rings. The van der Waals surface area contributed by atoms with Gasteiger partial charge in [0.1, 0.15) is 5.75 Å². The van der Waals surface area contributed by atoms with Gasteiger partial charge in [-0.2, -0.15) is 4.99 Å². The van der Waals surface area contributed by atoms with Crippen molar-refractivity contribution in [3.05, 3.63) is 93.9 Å². The Labute approximate surface area is 263 Å². The number of benzene rings is 3. The molecule has 9 rings (SSSR count). The van der Waals surface area contributed by atoms with E-state index in [1.165, 1.54) is 37.4 Å². The molecular weight excluding hydrogens is 564 g/mol. The van der Waals surface area contributed by atoms with Crippen LogP contribution in [0.1, 0.15) is 84.8 Å². The number of rotatable bonds is 5. The van der Waals surface area contributed by atoms with Gasteiger partial charge < -0.3 is 10.0 Å². The fraction of sp³-hybridized carbons (Fsp3) is 0.395. The summed E-state index contributed by atoms with van der Waals surface area (Å²) < 4.78 is 0.